The molecule has 90 valence electrons. The minimum atomic E-state index is 0.642. The first-order valence-electron chi connectivity index (χ1n) is 5.24. The molecule has 0 aliphatic carbocycles. The lowest BCUT2D eigenvalue weighted by Crippen LogP contribution is -2.17. The first kappa shape index (κ1) is 12.0. The van der Waals surface area contributed by atoms with Gasteiger partial charge < -0.3 is 15.1 Å². The number of nitrogen functional groups attached to an aromatic ring is 1. The molecule has 5 heteroatoms. The standard InChI is InChI=1S/C12H14BrN3O/c1-8-3-4-10(17-8)7-16(2)12-11(13)5-9(14)6-15-12/h3-6H,7,14H2,1-2H3. The number of hydrogen-bond acceptors (Lipinski definition) is 4. The Morgan fingerprint density at radius 3 is 2.82 bits per heavy atom. The number of hydrogen-bond donors (Lipinski definition) is 1. The molecule has 0 radical (unpaired) electrons. The number of anilines is 2. The molecule has 2 heterocycles. The van der Waals surface area contributed by atoms with E-state index in [1.807, 2.05) is 37.1 Å². The highest BCUT2D eigenvalue weighted by Gasteiger charge is 2.10. The minimum absolute atomic E-state index is 0.642. The van der Waals surface area contributed by atoms with E-state index in [9.17, 15) is 0 Å². The van der Waals surface area contributed by atoms with Crippen LogP contribution in [0.3, 0.4) is 0 Å². The molecule has 0 fully saturated rings. The molecule has 2 aromatic rings. The van der Waals surface area contributed by atoms with Crippen LogP contribution in [0.25, 0.3) is 0 Å². The van der Waals surface area contributed by atoms with Crippen LogP contribution >= 0.6 is 15.9 Å². The molecule has 2 rings (SSSR count). The van der Waals surface area contributed by atoms with Crippen molar-refractivity contribution in [3.8, 4) is 0 Å². The van der Waals surface area contributed by atoms with Gasteiger partial charge in [-0.3, -0.25) is 0 Å². The molecule has 0 atom stereocenters. The predicted octanol–water partition coefficient (Wildman–Crippen LogP) is 2.96. The van der Waals surface area contributed by atoms with Gasteiger partial charge >= 0.3 is 0 Å². The minimum Gasteiger partial charge on any atom is -0.464 e. The highest BCUT2D eigenvalue weighted by molar-refractivity contribution is 9.10. The van der Waals surface area contributed by atoms with Gasteiger partial charge in [0.1, 0.15) is 17.3 Å². The van der Waals surface area contributed by atoms with Gasteiger partial charge in [-0.2, -0.15) is 0 Å². The van der Waals surface area contributed by atoms with E-state index in [-0.39, 0.29) is 0 Å². The third-order valence-electron chi connectivity index (χ3n) is 2.39. The van der Waals surface area contributed by atoms with Crippen LogP contribution in [-0.4, -0.2) is 12.0 Å². The fourth-order valence-corrected chi connectivity index (χ4v) is 2.27. The molecule has 0 aromatic carbocycles. The van der Waals surface area contributed by atoms with Gasteiger partial charge in [0.05, 0.1) is 22.9 Å². The second kappa shape index (κ2) is 4.79. The first-order valence-corrected chi connectivity index (χ1v) is 6.03. The van der Waals surface area contributed by atoms with E-state index >= 15 is 0 Å². The number of pyridine rings is 1. The summed E-state index contributed by atoms with van der Waals surface area (Å²) in [5, 5.41) is 0. The van der Waals surface area contributed by atoms with Gasteiger partial charge in [0.15, 0.2) is 0 Å². The summed E-state index contributed by atoms with van der Waals surface area (Å²) >= 11 is 3.45. The summed E-state index contributed by atoms with van der Waals surface area (Å²) in [7, 11) is 1.96. The van der Waals surface area contributed by atoms with Crippen molar-refractivity contribution >= 4 is 27.4 Å². The van der Waals surface area contributed by atoms with E-state index in [0.717, 1.165) is 21.8 Å². The Bertz CT molecular complexity index is 524. The number of nitrogens with zero attached hydrogens (tertiary/aromatic N) is 2. The number of aryl methyl sites for hydroxylation is 1. The second-order valence-electron chi connectivity index (χ2n) is 3.94. The van der Waals surface area contributed by atoms with Gasteiger partial charge in [0, 0.05) is 7.05 Å². The van der Waals surface area contributed by atoms with E-state index in [2.05, 4.69) is 20.9 Å². The van der Waals surface area contributed by atoms with Crippen molar-refractivity contribution in [2.24, 2.45) is 0 Å². The number of rotatable bonds is 3. The van der Waals surface area contributed by atoms with Crippen molar-refractivity contribution in [1.82, 2.24) is 4.98 Å². The largest absolute Gasteiger partial charge is 0.464 e. The lowest BCUT2D eigenvalue weighted by atomic mass is 10.3. The Hall–Kier alpha value is -1.49. The van der Waals surface area contributed by atoms with Crippen molar-refractivity contribution in [3.63, 3.8) is 0 Å². The molecule has 0 aliphatic rings. The maximum atomic E-state index is 5.65. The summed E-state index contributed by atoms with van der Waals surface area (Å²) in [6.07, 6.45) is 1.64. The maximum absolute atomic E-state index is 5.65. The van der Waals surface area contributed by atoms with Crippen molar-refractivity contribution < 1.29 is 4.42 Å². The Morgan fingerprint density at radius 1 is 1.47 bits per heavy atom. The van der Waals surface area contributed by atoms with Crippen molar-refractivity contribution in [1.29, 1.82) is 0 Å². The molecule has 2 N–H and O–H groups in total. The van der Waals surface area contributed by atoms with E-state index in [4.69, 9.17) is 10.2 Å². The zero-order valence-electron chi connectivity index (χ0n) is 9.77. The van der Waals surface area contributed by atoms with Crippen LogP contribution in [0, 0.1) is 6.92 Å². The van der Waals surface area contributed by atoms with Gasteiger partial charge in [-0.1, -0.05) is 0 Å². The first-order chi connectivity index (χ1) is 8.06. The monoisotopic (exact) mass is 295 g/mol. The summed E-state index contributed by atoms with van der Waals surface area (Å²) in [4.78, 5) is 6.29. The molecule has 0 saturated heterocycles. The van der Waals surface area contributed by atoms with Crippen LogP contribution in [0.15, 0.2) is 33.3 Å². The summed E-state index contributed by atoms with van der Waals surface area (Å²) in [5.74, 6) is 2.67. The van der Waals surface area contributed by atoms with Crippen LogP contribution in [0.5, 0.6) is 0 Å². The Morgan fingerprint density at radius 2 is 2.24 bits per heavy atom. The van der Waals surface area contributed by atoms with Crippen molar-refractivity contribution in [2.45, 2.75) is 13.5 Å². The second-order valence-corrected chi connectivity index (χ2v) is 4.80. The fraction of sp³-hybridized carbons (Fsp3) is 0.250. The van der Waals surface area contributed by atoms with E-state index in [0.29, 0.717) is 12.2 Å². The van der Waals surface area contributed by atoms with Crippen LogP contribution in [0.4, 0.5) is 11.5 Å². The normalized spacial score (nSPS) is 10.5. The number of aromatic nitrogens is 1. The smallest absolute Gasteiger partial charge is 0.143 e. The molecule has 0 bridgehead atoms. The molecule has 0 unspecified atom stereocenters. The average molecular weight is 296 g/mol. The molecular formula is C12H14BrN3O. The molecule has 0 amide bonds. The quantitative estimate of drug-likeness (QED) is 0.946. The summed E-state index contributed by atoms with van der Waals surface area (Å²) in [5.41, 5.74) is 6.30. The number of furan rings is 1. The van der Waals surface area contributed by atoms with Crippen molar-refractivity contribution in [2.75, 3.05) is 17.7 Å². The van der Waals surface area contributed by atoms with Gasteiger partial charge in [-0.05, 0) is 41.1 Å². The molecular weight excluding hydrogens is 282 g/mol. The van der Waals surface area contributed by atoms with Gasteiger partial charge in [0.25, 0.3) is 0 Å². The Balaban J connectivity index is 2.17. The summed E-state index contributed by atoms with van der Waals surface area (Å²) < 4.78 is 6.41. The third-order valence-corrected chi connectivity index (χ3v) is 2.98. The SMILES string of the molecule is Cc1ccc(CN(C)c2ncc(N)cc2Br)o1. The predicted molar refractivity (Wildman–Crippen MR) is 71.9 cm³/mol. The molecule has 4 nitrogen and oxygen atoms in total. The average Bonchev–Trinajstić information content (AvgIpc) is 2.63. The van der Waals surface area contributed by atoms with Crippen LogP contribution in [0.1, 0.15) is 11.5 Å². The van der Waals surface area contributed by atoms with Crippen LogP contribution in [-0.2, 0) is 6.54 Å². The zero-order chi connectivity index (χ0) is 12.4. The van der Waals surface area contributed by atoms with Gasteiger partial charge in [-0.15, -0.1) is 0 Å². The number of nitrogens with two attached hydrogens (primary N) is 1. The number of halogens is 1. The zero-order valence-corrected chi connectivity index (χ0v) is 11.4. The maximum Gasteiger partial charge on any atom is 0.143 e. The summed E-state index contributed by atoms with van der Waals surface area (Å²) in [6.45, 7) is 2.60. The van der Waals surface area contributed by atoms with E-state index in [1.165, 1.54) is 0 Å². The Labute approximate surface area is 109 Å². The van der Waals surface area contributed by atoms with Crippen molar-refractivity contribution in [3.05, 3.63) is 40.4 Å². The lowest BCUT2D eigenvalue weighted by Gasteiger charge is -2.18. The highest BCUT2D eigenvalue weighted by Crippen LogP contribution is 2.25. The summed E-state index contributed by atoms with van der Waals surface area (Å²) in [6, 6.07) is 5.76. The molecule has 17 heavy (non-hydrogen) atoms. The lowest BCUT2D eigenvalue weighted by molar-refractivity contribution is 0.481. The fourth-order valence-electron chi connectivity index (χ4n) is 1.61. The van der Waals surface area contributed by atoms with Gasteiger partial charge in [0.2, 0.25) is 0 Å². The van der Waals surface area contributed by atoms with E-state index < -0.39 is 0 Å². The molecule has 0 aliphatic heterocycles. The molecule has 0 spiro atoms. The van der Waals surface area contributed by atoms with Gasteiger partial charge in [-0.25, -0.2) is 4.98 Å². The third kappa shape index (κ3) is 2.79. The van der Waals surface area contributed by atoms with E-state index in [1.54, 1.807) is 6.20 Å². The topological polar surface area (TPSA) is 55.3 Å². The molecule has 2 aromatic heterocycles. The van der Waals surface area contributed by atoms with Crippen LogP contribution in [0.2, 0.25) is 0 Å². The highest BCUT2D eigenvalue weighted by atomic mass is 79.9. The molecule has 0 saturated carbocycles. The Kier molecular flexibility index (Phi) is 3.38. The van der Waals surface area contributed by atoms with Crippen LogP contribution < -0.4 is 10.6 Å².